The number of likely N-dealkylation sites (tertiary alicyclic amines) is 1. The molecule has 1 saturated heterocycles. The smallest absolute Gasteiger partial charge is 0.0441 e. The summed E-state index contributed by atoms with van der Waals surface area (Å²) in [4.78, 5) is 2.47. The molecule has 1 heterocycles. The van der Waals surface area contributed by atoms with Gasteiger partial charge in [0.15, 0.2) is 0 Å². The molecule has 110 valence electrons. The molecule has 1 atom stereocenters. The summed E-state index contributed by atoms with van der Waals surface area (Å²) in [6.07, 6.45) is 1.14. The summed E-state index contributed by atoms with van der Waals surface area (Å²) in [5.41, 5.74) is 2.36. The molecule has 2 aromatic carbocycles. The topological polar surface area (TPSA) is 15.3 Å². The molecule has 0 amide bonds. The number of nitrogens with one attached hydrogen (secondary N) is 1. The summed E-state index contributed by atoms with van der Waals surface area (Å²) in [6.45, 7) is 3.16. The van der Waals surface area contributed by atoms with Crippen molar-refractivity contribution < 1.29 is 0 Å². The zero-order valence-electron chi connectivity index (χ0n) is 11.7. The van der Waals surface area contributed by atoms with Gasteiger partial charge in [0.2, 0.25) is 0 Å². The molecule has 0 aromatic heterocycles. The molecule has 2 aromatic rings. The highest BCUT2D eigenvalue weighted by Gasteiger charge is 2.22. The number of hydrogen-bond acceptors (Lipinski definition) is 2. The Morgan fingerprint density at radius 3 is 2.48 bits per heavy atom. The van der Waals surface area contributed by atoms with E-state index in [-0.39, 0.29) is 0 Å². The van der Waals surface area contributed by atoms with Gasteiger partial charge in [0, 0.05) is 41.4 Å². The fourth-order valence-electron chi connectivity index (χ4n) is 2.81. The molecule has 1 aliphatic rings. The Morgan fingerprint density at radius 2 is 1.76 bits per heavy atom. The molecule has 0 saturated carbocycles. The second kappa shape index (κ2) is 6.69. The number of anilines is 1. The molecule has 1 fully saturated rings. The average molecular weight is 321 g/mol. The maximum Gasteiger partial charge on any atom is 0.0441 e. The highest BCUT2D eigenvalue weighted by Crippen LogP contribution is 2.24. The minimum Gasteiger partial charge on any atom is -0.381 e. The van der Waals surface area contributed by atoms with Crippen LogP contribution in [0.5, 0.6) is 0 Å². The van der Waals surface area contributed by atoms with Gasteiger partial charge in [-0.1, -0.05) is 53.5 Å². The first kappa shape index (κ1) is 14.7. The monoisotopic (exact) mass is 320 g/mol. The van der Waals surface area contributed by atoms with Crippen molar-refractivity contribution in [2.45, 2.75) is 19.0 Å². The van der Waals surface area contributed by atoms with E-state index in [1.165, 1.54) is 5.56 Å². The van der Waals surface area contributed by atoms with Gasteiger partial charge in [0.25, 0.3) is 0 Å². The van der Waals surface area contributed by atoms with Crippen molar-refractivity contribution in [2.24, 2.45) is 0 Å². The summed E-state index contributed by atoms with van der Waals surface area (Å²) >= 11 is 12.1. The van der Waals surface area contributed by atoms with E-state index in [0.717, 1.165) is 31.7 Å². The van der Waals surface area contributed by atoms with Crippen LogP contribution < -0.4 is 5.32 Å². The number of nitrogens with zero attached hydrogens (tertiary/aromatic N) is 1. The Labute approximate surface area is 135 Å². The number of halogens is 2. The van der Waals surface area contributed by atoms with E-state index < -0.39 is 0 Å². The quantitative estimate of drug-likeness (QED) is 0.879. The van der Waals surface area contributed by atoms with E-state index in [9.17, 15) is 0 Å². The Kier molecular flexibility index (Phi) is 4.69. The first-order valence-electron chi connectivity index (χ1n) is 7.18. The Balaban J connectivity index is 1.57. The van der Waals surface area contributed by atoms with Crippen LogP contribution in [0.2, 0.25) is 10.0 Å². The molecule has 0 radical (unpaired) electrons. The van der Waals surface area contributed by atoms with Crippen LogP contribution in [0.4, 0.5) is 5.69 Å². The van der Waals surface area contributed by atoms with Gasteiger partial charge in [-0.2, -0.15) is 0 Å². The van der Waals surface area contributed by atoms with Crippen LogP contribution in [-0.2, 0) is 6.54 Å². The summed E-state index contributed by atoms with van der Waals surface area (Å²) < 4.78 is 0. The van der Waals surface area contributed by atoms with Crippen LogP contribution in [0.3, 0.4) is 0 Å². The zero-order valence-corrected chi connectivity index (χ0v) is 13.2. The number of benzene rings is 2. The van der Waals surface area contributed by atoms with E-state index in [2.05, 4.69) is 40.5 Å². The molecule has 2 nitrogen and oxygen atoms in total. The molecular weight excluding hydrogens is 303 g/mol. The Morgan fingerprint density at radius 1 is 1.05 bits per heavy atom. The lowest BCUT2D eigenvalue weighted by molar-refractivity contribution is 0.328. The fourth-order valence-corrected chi connectivity index (χ4v) is 3.33. The summed E-state index contributed by atoms with van der Waals surface area (Å²) in [5.74, 6) is 0. The maximum absolute atomic E-state index is 6.04. The molecule has 4 heteroatoms. The predicted molar refractivity (Wildman–Crippen MR) is 90.2 cm³/mol. The summed E-state index contributed by atoms with van der Waals surface area (Å²) in [6, 6.07) is 16.6. The van der Waals surface area contributed by atoms with E-state index in [0.29, 0.717) is 16.1 Å². The first-order valence-corrected chi connectivity index (χ1v) is 7.93. The third kappa shape index (κ3) is 4.13. The zero-order chi connectivity index (χ0) is 14.7. The Hall–Kier alpha value is -1.22. The second-order valence-electron chi connectivity index (χ2n) is 5.51. The minimum absolute atomic E-state index is 0.447. The van der Waals surface area contributed by atoms with Crippen molar-refractivity contribution in [3.05, 3.63) is 64.1 Å². The molecule has 0 spiro atoms. The largest absolute Gasteiger partial charge is 0.381 e. The van der Waals surface area contributed by atoms with Crippen molar-refractivity contribution >= 4 is 28.9 Å². The SMILES string of the molecule is Clc1cc(Cl)cc(NC2CCN(Cc3ccccc3)C2)c1. The van der Waals surface area contributed by atoms with E-state index in [4.69, 9.17) is 23.2 Å². The van der Waals surface area contributed by atoms with Gasteiger partial charge in [0.1, 0.15) is 0 Å². The molecule has 1 N–H and O–H groups in total. The molecule has 0 bridgehead atoms. The summed E-state index contributed by atoms with van der Waals surface area (Å²) in [7, 11) is 0. The minimum atomic E-state index is 0.447. The van der Waals surface area contributed by atoms with Gasteiger partial charge < -0.3 is 5.32 Å². The van der Waals surface area contributed by atoms with Crippen LogP contribution >= 0.6 is 23.2 Å². The van der Waals surface area contributed by atoms with Crippen molar-refractivity contribution in [1.29, 1.82) is 0 Å². The maximum atomic E-state index is 6.04. The number of rotatable bonds is 4. The first-order chi connectivity index (χ1) is 10.2. The molecular formula is C17H18Cl2N2. The average Bonchev–Trinajstić information content (AvgIpc) is 2.86. The molecule has 1 unspecified atom stereocenters. The van der Waals surface area contributed by atoms with Crippen LogP contribution in [0.1, 0.15) is 12.0 Å². The van der Waals surface area contributed by atoms with E-state index in [1.54, 1.807) is 6.07 Å². The van der Waals surface area contributed by atoms with E-state index >= 15 is 0 Å². The highest BCUT2D eigenvalue weighted by molar-refractivity contribution is 6.35. The molecule has 21 heavy (non-hydrogen) atoms. The lowest BCUT2D eigenvalue weighted by Crippen LogP contribution is -2.25. The van der Waals surface area contributed by atoms with Crippen molar-refractivity contribution in [3.63, 3.8) is 0 Å². The van der Waals surface area contributed by atoms with Gasteiger partial charge in [-0.25, -0.2) is 0 Å². The third-order valence-electron chi connectivity index (χ3n) is 3.75. The van der Waals surface area contributed by atoms with Gasteiger partial charge in [-0.15, -0.1) is 0 Å². The van der Waals surface area contributed by atoms with Gasteiger partial charge in [-0.05, 0) is 30.2 Å². The van der Waals surface area contributed by atoms with Crippen LogP contribution in [0.25, 0.3) is 0 Å². The van der Waals surface area contributed by atoms with Crippen LogP contribution in [0, 0.1) is 0 Å². The summed E-state index contributed by atoms with van der Waals surface area (Å²) in [5, 5.41) is 4.87. The van der Waals surface area contributed by atoms with Gasteiger partial charge in [-0.3, -0.25) is 4.90 Å². The highest BCUT2D eigenvalue weighted by atomic mass is 35.5. The number of hydrogen-bond donors (Lipinski definition) is 1. The lowest BCUT2D eigenvalue weighted by Gasteiger charge is -2.17. The predicted octanol–water partition coefficient (Wildman–Crippen LogP) is 4.68. The van der Waals surface area contributed by atoms with Crippen molar-refractivity contribution in [2.75, 3.05) is 18.4 Å². The van der Waals surface area contributed by atoms with Crippen molar-refractivity contribution in [3.8, 4) is 0 Å². The van der Waals surface area contributed by atoms with Crippen LogP contribution in [0.15, 0.2) is 48.5 Å². The second-order valence-corrected chi connectivity index (χ2v) is 6.38. The third-order valence-corrected chi connectivity index (χ3v) is 4.19. The Bertz CT molecular complexity index is 581. The fraction of sp³-hybridized carbons (Fsp3) is 0.294. The standard InChI is InChI=1S/C17H18Cl2N2/c18-14-8-15(19)10-17(9-14)20-16-6-7-21(12-16)11-13-4-2-1-3-5-13/h1-5,8-10,16,20H,6-7,11-12H2. The molecule has 3 rings (SSSR count). The van der Waals surface area contributed by atoms with Gasteiger partial charge in [0.05, 0.1) is 0 Å². The normalized spacial score (nSPS) is 18.9. The molecule has 0 aliphatic carbocycles. The van der Waals surface area contributed by atoms with Gasteiger partial charge >= 0.3 is 0 Å². The van der Waals surface area contributed by atoms with Crippen molar-refractivity contribution in [1.82, 2.24) is 4.90 Å². The molecule has 1 aliphatic heterocycles. The van der Waals surface area contributed by atoms with E-state index in [1.807, 2.05) is 12.1 Å². The lowest BCUT2D eigenvalue weighted by atomic mass is 10.2. The van der Waals surface area contributed by atoms with Crippen LogP contribution in [-0.4, -0.2) is 24.0 Å².